The molecule has 0 aromatic heterocycles. The first kappa shape index (κ1) is 29.5. The molecule has 0 bridgehead atoms. The summed E-state index contributed by atoms with van der Waals surface area (Å²) in [5, 5.41) is 2.95. The van der Waals surface area contributed by atoms with Crippen LogP contribution >= 0.6 is 0 Å². The van der Waals surface area contributed by atoms with E-state index in [-0.39, 0.29) is 18.4 Å². The molecule has 2 aliphatic rings. The Morgan fingerprint density at radius 3 is 2.32 bits per heavy atom. The summed E-state index contributed by atoms with van der Waals surface area (Å²) in [7, 11) is 1.51. The van der Waals surface area contributed by atoms with Crippen molar-refractivity contribution in [2.24, 2.45) is 5.92 Å². The fraction of sp³-hybridized carbons (Fsp3) is 0.655. The normalized spacial score (nSPS) is 19.8. The van der Waals surface area contributed by atoms with Crippen LogP contribution in [0.4, 0.5) is 4.79 Å². The highest BCUT2D eigenvalue weighted by Crippen LogP contribution is 2.30. The van der Waals surface area contributed by atoms with Gasteiger partial charge in [0.15, 0.2) is 0 Å². The number of benzene rings is 1. The first-order valence-corrected chi connectivity index (χ1v) is 13.7. The van der Waals surface area contributed by atoms with Gasteiger partial charge in [-0.2, -0.15) is 0 Å². The van der Waals surface area contributed by atoms with Crippen molar-refractivity contribution in [3.63, 3.8) is 0 Å². The molecule has 3 rings (SSSR count). The summed E-state index contributed by atoms with van der Waals surface area (Å²) < 4.78 is 11.0. The molecule has 0 unspecified atom stereocenters. The molecule has 3 atom stereocenters. The van der Waals surface area contributed by atoms with Gasteiger partial charge in [0.2, 0.25) is 11.8 Å². The number of carbonyl (C=O) groups is 4. The van der Waals surface area contributed by atoms with Crippen molar-refractivity contribution in [2.75, 3.05) is 13.6 Å². The minimum atomic E-state index is -0.850. The van der Waals surface area contributed by atoms with Gasteiger partial charge in [-0.3, -0.25) is 14.5 Å². The molecule has 1 heterocycles. The van der Waals surface area contributed by atoms with E-state index < -0.39 is 41.7 Å². The number of hydrogen-bond acceptors (Lipinski definition) is 6. The zero-order valence-corrected chi connectivity index (χ0v) is 23.4. The topological polar surface area (TPSA) is 105 Å². The van der Waals surface area contributed by atoms with Gasteiger partial charge < -0.3 is 19.7 Å². The van der Waals surface area contributed by atoms with Crippen molar-refractivity contribution in [2.45, 2.75) is 103 Å². The van der Waals surface area contributed by atoms with Gasteiger partial charge in [-0.05, 0) is 64.9 Å². The summed E-state index contributed by atoms with van der Waals surface area (Å²) in [6.07, 6.45) is 5.34. The fourth-order valence-electron chi connectivity index (χ4n) is 5.10. The number of likely N-dealkylation sites (tertiary alicyclic amines) is 1. The molecule has 2 fully saturated rings. The number of esters is 1. The average Bonchev–Trinajstić information content (AvgIpc) is 3.39. The number of ether oxygens (including phenoxy) is 2. The highest BCUT2D eigenvalue weighted by molar-refractivity contribution is 5.93. The van der Waals surface area contributed by atoms with Crippen LogP contribution in [0.3, 0.4) is 0 Å². The van der Waals surface area contributed by atoms with Gasteiger partial charge in [0, 0.05) is 13.6 Å². The third kappa shape index (κ3) is 7.95. The fourth-order valence-corrected chi connectivity index (χ4v) is 5.10. The van der Waals surface area contributed by atoms with Crippen LogP contribution in [-0.4, -0.2) is 71.0 Å². The number of rotatable bonds is 8. The first-order chi connectivity index (χ1) is 18.0. The van der Waals surface area contributed by atoms with Crippen molar-refractivity contribution < 1.29 is 28.7 Å². The predicted octanol–water partition coefficient (Wildman–Crippen LogP) is 4.04. The second-order valence-corrected chi connectivity index (χ2v) is 11.4. The molecule has 1 N–H and O–H groups in total. The minimum absolute atomic E-state index is 0.0253. The zero-order chi connectivity index (χ0) is 27.9. The third-order valence-corrected chi connectivity index (χ3v) is 7.35. The maximum absolute atomic E-state index is 13.8. The molecule has 1 aliphatic carbocycles. The molecule has 1 saturated heterocycles. The summed E-state index contributed by atoms with van der Waals surface area (Å²) >= 11 is 0. The molecular weight excluding hydrogens is 486 g/mol. The summed E-state index contributed by atoms with van der Waals surface area (Å²) in [4.78, 5) is 55.5. The Hall–Kier alpha value is -3.10. The highest BCUT2D eigenvalue weighted by atomic mass is 16.6. The Kier molecular flexibility index (Phi) is 10.2. The Balaban J connectivity index is 1.68. The van der Waals surface area contributed by atoms with Crippen LogP contribution in [0.25, 0.3) is 0 Å². The summed E-state index contributed by atoms with van der Waals surface area (Å²) in [6, 6.07) is 7.04. The van der Waals surface area contributed by atoms with Crippen molar-refractivity contribution in [1.29, 1.82) is 0 Å². The average molecular weight is 530 g/mol. The largest absolute Gasteiger partial charge is 0.458 e. The molecule has 0 radical (unpaired) electrons. The molecule has 9 nitrogen and oxygen atoms in total. The lowest BCUT2D eigenvalue weighted by molar-refractivity contribution is -0.164. The number of likely N-dealkylation sites (N-methyl/N-ethyl adjacent to an activating group) is 1. The highest BCUT2D eigenvalue weighted by Gasteiger charge is 2.42. The van der Waals surface area contributed by atoms with Crippen molar-refractivity contribution >= 4 is 23.9 Å². The Labute approximate surface area is 226 Å². The Morgan fingerprint density at radius 2 is 1.68 bits per heavy atom. The zero-order valence-electron chi connectivity index (χ0n) is 23.4. The third-order valence-electron chi connectivity index (χ3n) is 7.35. The molecule has 0 spiro atoms. The molecule has 9 heteroatoms. The van der Waals surface area contributed by atoms with Gasteiger partial charge in [0.05, 0.1) is 0 Å². The number of hydrogen-bond donors (Lipinski definition) is 1. The molecule has 3 amide bonds. The molecular formula is C29H43N3O6. The summed E-state index contributed by atoms with van der Waals surface area (Å²) in [6.45, 7) is 7.58. The van der Waals surface area contributed by atoms with Crippen LogP contribution in [0, 0.1) is 5.92 Å². The lowest BCUT2D eigenvalue weighted by atomic mass is 9.83. The molecule has 1 aromatic carbocycles. The number of amides is 3. The van der Waals surface area contributed by atoms with E-state index in [4.69, 9.17) is 9.47 Å². The quantitative estimate of drug-likeness (QED) is 0.510. The minimum Gasteiger partial charge on any atom is -0.458 e. The maximum atomic E-state index is 13.8. The second-order valence-electron chi connectivity index (χ2n) is 11.4. The number of nitrogens with zero attached hydrogens (tertiary/aromatic N) is 2. The monoisotopic (exact) mass is 529 g/mol. The van der Waals surface area contributed by atoms with Gasteiger partial charge >= 0.3 is 12.1 Å². The predicted molar refractivity (Wildman–Crippen MR) is 143 cm³/mol. The van der Waals surface area contributed by atoms with Crippen LogP contribution in [0.5, 0.6) is 0 Å². The van der Waals surface area contributed by atoms with Gasteiger partial charge in [-0.25, -0.2) is 9.59 Å². The SMILES string of the molecule is C[C@@H](C(=O)N[C@H](C(=O)N1CCC[C@H]1C(=O)OC(C)(C)C)C1CCCCC1)N(C)C(=O)OCc1ccccc1. The van der Waals surface area contributed by atoms with Gasteiger partial charge in [-0.1, -0.05) is 49.6 Å². The Morgan fingerprint density at radius 1 is 1.03 bits per heavy atom. The smallest absolute Gasteiger partial charge is 0.410 e. The van der Waals surface area contributed by atoms with Crippen LogP contribution in [0.1, 0.15) is 78.2 Å². The molecule has 1 aromatic rings. The van der Waals surface area contributed by atoms with E-state index >= 15 is 0 Å². The van der Waals surface area contributed by atoms with Gasteiger partial charge in [-0.15, -0.1) is 0 Å². The van der Waals surface area contributed by atoms with Crippen molar-refractivity contribution in [3.8, 4) is 0 Å². The van der Waals surface area contributed by atoms with E-state index in [9.17, 15) is 19.2 Å². The van der Waals surface area contributed by atoms with Gasteiger partial charge in [0.1, 0.15) is 30.3 Å². The van der Waals surface area contributed by atoms with E-state index in [1.165, 1.54) is 11.9 Å². The Bertz CT molecular complexity index is 970. The van der Waals surface area contributed by atoms with Crippen LogP contribution in [-0.2, 0) is 30.5 Å². The van der Waals surface area contributed by atoms with Crippen LogP contribution in [0.2, 0.25) is 0 Å². The van der Waals surface area contributed by atoms with E-state index in [2.05, 4.69) is 5.32 Å². The molecule has 1 saturated carbocycles. The standard InChI is InChI=1S/C29H43N3O6/c1-20(31(5)28(36)37-19-21-13-8-6-9-14-21)25(33)30-24(22-15-10-7-11-16-22)26(34)32-18-12-17-23(32)27(35)38-29(2,3)4/h6,8-9,13-14,20,22-24H,7,10-12,15-19H2,1-5H3,(H,30,33)/t20-,23-,24-/m0/s1. The van der Waals surface area contributed by atoms with Crippen molar-refractivity contribution in [1.82, 2.24) is 15.1 Å². The van der Waals surface area contributed by atoms with Crippen LogP contribution in [0.15, 0.2) is 30.3 Å². The molecule has 210 valence electrons. The number of carbonyl (C=O) groups excluding carboxylic acids is 4. The first-order valence-electron chi connectivity index (χ1n) is 13.7. The second kappa shape index (κ2) is 13.1. The van der Waals surface area contributed by atoms with E-state index in [0.29, 0.717) is 19.4 Å². The number of nitrogens with one attached hydrogen (secondary N) is 1. The lowest BCUT2D eigenvalue weighted by Crippen LogP contribution is -2.58. The van der Waals surface area contributed by atoms with E-state index in [0.717, 1.165) is 37.7 Å². The van der Waals surface area contributed by atoms with Gasteiger partial charge in [0.25, 0.3) is 0 Å². The van der Waals surface area contributed by atoms with Crippen LogP contribution < -0.4 is 5.32 Å². The summed E-state index contributed by atoms with van der Waals surface area (Å²) in [5.41, 5.74) is 0.194. The van der Waals surface area contributed by atoms with Crippen molar-refractivity contribution in [3.05, 3.63) is 35.9 Å². The van der Waals surface area contributed by atoms with E-state index in [1.54, 1.807) is 32.6 Å². The molecule has 38 heavy (non-hydrogen) atoms. The maximum Gasteiger partial charge on any atom is 0.410 e. The lowest BCUT2D eigenvalue weighted by Gasteiger charge is -2.36. The van der Waals surface area contributed by atoms with E-state index in [1.807, 2.05) is 30.3 Å². The molecule has 1 aliphatic heterocycles. The summed E-state index contributed by atoms with van der Waals surface area (Å²) in [5.74, 6) is -1.12.